The molecule has 1 aromatic rings. The smallest absolute Gasteiger partial charge is 0.360 e. The van der Waals surface area contributed by atoms with Gasteiger partial charge in [-0.1, -0.05) is 0 Å². The molecule has 0 aliphatic carbocycles. The van der Waals surface area contributed by atoms with Gasteiger partial charge in [-0.05, 0) is 12.1 Å². The Morgan fingerprint density at radius 2 is 2.53 bits per heavy atom. The summed E-state index contributed by atoms with van der Waals surface area (Å²) in [6.45, 7) is 0.681. The Morgan fingerprint density at radius 3 is 3.12 bits per heavy atom. The van der Waals surface area contributed by atoms with Crippen LogP contribution in [0.3, 0.4) is 0 Å². The van der Waals surface area contributed by atoms with Crippen molar-refractivity contribution in [3.8, 4) is 0 Å². The zero-order valence-electron chi connectivity index (χ0n) is 9.14. The standard InChI is InChI=1S/C11H13FN2O3/c12-7-2-1-4-14-10(7)11(15)16-5-3-9-8(13)6-17-9/h1-2,4,8-9H,3,5-6,13H2. The first-order valence-corrected chi connectivity index (χ1v) is 5.33. The number of pyridine rings is 1. The molecule has 0 spiro atoms. The number of hydrogen-bond donors (Lipinski definition) is 1. The van der Waals surface area contributed by atoms with E-state index in [1.54, 1.807) is 0 Å². The Morgan fingerprint density at radius 1 is 1.71 bits per heavy atom. The monoisotopic (exact) mass is 240 g/mol. The maximum Gasteiger partial charge on any atom is 0.360 e. The minimum absolute atomic E-state index is 0.000267. The molecule has 1 aromatic heterocycles. The Kier molecular flexibility index (Phi) is 3.65. The molecule has 5 nitrogen and oxygen atoms in total. The van der Waals surface area contributed by atoms with Crippen LogP contribution in [0.2, 0.25) is 0 Å². The molecule has 2 heterocycles. The van der Waals surface area contributed by atoms with Crippen LogP contribution in [0.5, 0.6) is 0 Å². The summed E-state index contributed by atoms with van der Waals surface area (Å²) in [6, 6.07) is 2.57. The number of nitrogens with two attached hydrogens (primary N) is 1. The van der Waals surface area contributed by atoms with Gasteiger partial charge in [-0.15, -0.1) is 0 Å². The maximum atomic E-state index is 13.2. The van der Waals surface area contributed by atoms with Gasteiger partial charge in [0.2, 0.25) is 0 Å². The van der Waals surface area contributed by atoms with Crippen molar-refractivity contribution in [3.05, 3.63) is 29.8 Å². The van der Waals surface area contributed by atoms with Crippen molar-refractivity contribution in [1.29, 1.82) is 0 Å². The lowest BCUT2D eigenvalue weighted by atomic mass is 10.1. The summed E-state index contributed by atoms with van der Waals surface area (Å²) in [5, 5.41) is 0. The number of hydrogen-bond acceptors (Lipinski definition) is 5. The summed E-state index contributed by atoms with van der Waals surface area (Å²) in [6.07, 6.45) is 1.78. The number of esters is 1. The third-order valence-electron chi connectivity index (χ3n) is 2.57. The van der Waals surface area contributed by atoms with Crippen molar-refractivity contribution in [2.24, 2.45) is 5.73 Å². The highest BCUT2D eigenvalue weighted by Gasteiger charge is 2.28. The summed E-state index contributed by atoms with van der Waals surface area (Å²) < 4.78 is 23.2. The molecule has 0 aromatic carbocycles. The minimum atomic E-state index is -0.768. The third-order valence-corrected chi connectivity index (χ3v) is 2.57. The summed E-state index contributed by atoms with van der Waals surface area (Å²) in [5.41, 5.74) is 5.34. The molecule has 1 saturated heterocycles. The molecular weight excluding hydrogens is 227 g/mol. The molecule has 1 fully saturated rings. The molecule has 2 unspecified atom stereocenters. The predicted molar refractivity (Wildman–Crippen MR) is 56.8 cm³/mol. The summed E-state index contributed by atoms with van der Waals surface area (Å²) in [7, 11) is 0. The number of rotatable bonds is 4. The van der Waals surface area contributed by atoms with Gasteiger partial charge >= 0.3 is 5.97 Å². The van der Waals surface area contributed by atoms with E-state index < -0.39 is 11.8 Å². The lowest BCUT2D eigenvalue weighted by Gasteiger charge is -2.33. The third kappa shape index (κ3) is 2.78. The van der Waals surface area contributed by atoms with Gasteiger partial charge in [0.1, 0.15) is 0 Å². The van der Waals surface area contributed by atoms with Crippen molar-refractivity contribution >= 4 is 5.97 Å². The van der Waals surface area contributed by atoms with Gasteiger partial charge in [0, 0.05) is 12.6 Å². The van der Waals surface area contributed by atoms with Gasteiger partial charge < -0.3 is 15.2 Å². The van der Waals surface area contributed by atoms with Crippen molar-refractivity contribution in [1.82, 2.24) is 4.98 Å². The molecular formula is C11H13FN2O3. The second kappa shape index (κ2) is 5.20. The second-order valence-corrected chi connectivity index (χ2v) is 3.79. The van der Waals surface area contributed by atoms with Gasteiger partial charge in [-0.25, -0.2) is 14.2 Å². The lowest BCUT2D eigenvalue weighted by molar-refractivity contribution is -0.0832. The van der Waals surface area contributed by atoms with Gasteiger partial charge in [-0.2, -0.15) is 0 Å². The normalized spacial score (nSPS) is 22.9. The number of carbonyl (C=O) groups is 1. The molecule has 1 aliphatic rings. The van der Waals surface area contributed by atoms with Gasteiger partial charge in [0.25, 0.3) is 0 Å². The van der Waals surface area contributed by atoms with E-state index in [0.717, 1.165) is 6.07 Å². The maximum absolute atomic E-state index is 13.2. The van der Waals surface area contributed by atoms with Crippen LogP contribution in [-0.4, -0.2) is 36.3 Å². The number of halogens is 1. The average Bonchev–Trinajstić information content (AvgIpc) is 2.33. The van der Waals surface area contributed by atoms with E-state index in [9.17, 15) is 9.18 Å². The van der Waals surface area contributed by atoms with Crippen LogP contribution in [0, 0.1) is 5.82 Å². The van der Waals surface area contributed by atoms with Crippen LogP contribution >= 0.6 is 0 Å². The van der Waals surface area contributed by atoms with E-state index >= 15 is 0 Å². The Balaban J connectivity index is 1.79. The lowest BCUT2D eigenvalue weighted by Crippen LogP contribution is -2.51. The first-order valence-electron chi connectivity index (χ1n) is 5.33. The molecule has 1 aliphatic heterocycles. The van der Waals surface area contributed by atoms with E-state index in [0.29, 0.717) is 13.0 Å². The zero-order chi connectivity index (χ0) is 12.3. The van der Waals surface area contributed by atoms with Crippen molar-refractivity contribution in [3.63, 3.8) is 0 Å². The van der Waals surface area contributed by atoms with E-state index in [1.807, 2.05) is 0 Å². The van der Waals surface area contributed by atoms with Crippen LogP contribution in [0.15, 0.2) is 18.3 Å². The largest absolute Gasteiger partial charge is 0.461 e. The number of aromatic nitrogens is 1. The van der Waals surface area contributed by atoms with Crippen LogP contribution in [-0.2, 0) is 9.47 Å². The fourth-order valence-electron chi connectivity index (χ4n) is 1.51. The van der Waals surface area contributed by atoms with Crippen LogP contribution in [0.25, 0.3) is 0 Å². The van der Waals surface area contributed by atoms with Gasteiger partial charge in [-0.3, -0.25) is 0 Å². The van der Waals surface area contributed by atoms with E-state index in [2.05, 4.69) is 4.98 Å². The molecule has 0 radical (unpaired) electrons. The SMILES string of the molecule is NC1COC1CCOC(=O)c1ncccc1F. The minimum Gasteiger partial charge on any atom is -0.461 e. The molecule has 0 bridgehead atoms. The van der Waals surface area contributed by atoms with E-state index in [1.165, 1.54) is 12.3 Å². The fourth-order valence-corrected chi connectivity index (χ4v) is 1.51. The molecule has 92 valence electrons. The first kappa shape index (κ1) is 11.9. The van der Waals surface area contributed by atoms with Gasteiger partial charge in [0.15, 0.2) is 11.5 Å². The predicted octanol–water partition coefficient (Wildman–Crippen LogP) is 0.494. The summed E-state index contributed by atoms with van der Waals surface area (Å²) in [5.74, 6) is -1.45. The molecule has 17 heavy (non-hydrogen) atoms. The van der Waals surface area contributed by atoms with Gasteiger partial charge in [0.05, 0.1) is 25.4 Å². The molecule has 2 atom stereocenters. The van der Waals surface area contributed by atoms with E-state index in [4.69, 9.17) is 15.2 Å². The number of nitrogens with zero attached hydrogens (tertiary/aromatic N) is 1. The second-order valence-electron chi connectivity index (χ2n) is 3.79. The highest BCUT2D eigenvalue weighted by atomic mass is 19.1. The molecule has 6 heteroatoms. The molecule has 2 rings (SSSR count). The number of carbonyl (C=O) groups excluding carboxylic acids is 1. The van der Waals surface area contributed by atoms with E-state index in [-0.39, 0.29) is 24.4 Å². The fraction of sp³-hybridized carbons (Fsp3) is 0.455. The average molecular weight is 240 g/mol. The molecule has 0 amide bonds. The van der Waals surface area contributed by atoms with Crippen molar-refractivity contribution in [2.75, 3.05) is 13.2 Å². The topological polar surface area (TPSA) is 74.4 Å². The van der Waals surface area contributed by atoms with Crippen LogP contribution in [0.1, 0.15) is 16.9 Å². The highest BCUT2D eigenvalue weighted by molar-refractivity contribution is 5.87. The molecule has 0 saturated carbocycles. The van der Waals surface area contributed by atoms with Crippen molar-refractivity contribution in [2.45, 2.75) is 18.6 Å². The first-order chi connectivity index (χ1) is 8.18. The highest BCUT2D eigenvalue weighted by Crippen LogP contribution is 2.14. The Hall–Kier alpha value is -1.53. The Labute approximate surface area is 97.7 Å². The zero-order valence-corrected chi connectivity index (χ0v) is 9.14. The van der Waals surface area contributed by atoms with Crippen LogP contribution < -0.4 is 5.73 Å². The quantitative estimate of drug-likeness (QED) is 0.775. The van der Waals surface area contributed by atoms with Crippen molar-refractivity contribution < 1.29 is 18.7 Å². The molecule has 2 N–H and O–H groups in total. The number of ether oxygens (including phenoxy) is 2. The summed E-state index contributed by atoms with van der Waals surface area (Å²) in [4.78, 5) is 15.1. The summed E-state index contributed by atoms with van der Waals surface area (Å²) >= 11 is 0. The van der Waals surface area contributed by atoms with Crippen LogP contribution in [0.4, 0.5) is 4.39 Å². The Bertz CT molecular complexity index is 413.